The van der Waals surface area contributed by atoms with Crippen LogP contribution in [0.1, 0.15) is 11.3 Å². The molecule has 0 aliphatic heterocycles. The fourth-order valence-electron chi connectivity index (χ4n) is 5.17. The normalized spacial score (nSPS) is 12.5. The average molecular weight is 442 g/mol. The number of halogens is 1. The van der Waals surface area contributed by atoms with Crippen molar-refractivity contribution in [1.82, 2.24) is 9.13 Å². The van der Waals surface area contributed by atoms with Crippen molar-refractivity contribution < 1.29 is 0 Å². The first-order chi connectivity index (χ1) is 16.3. The Morgan fingerprint density at radius 1 is 0.667 bits per heavy atom. The number of aromatic nitrogens is 2. The molecule has 0 amide bonds. The lowest BCUT2D eigenvalue weighted by molar-refractivity contribution is 1.10. The minimum absolute atomic E-state index is 0.746. The second-order valence-corrected chi connectivity index (χ2v) is 8.74. The maximum absolute atomic E-state index is 6.45. The lowest BCUT2D eigenvalue weighted by Crippen LogP contribution is -1.97. The molecule has 33 heavy (non-hydrogen) atoms. The summed E-state index contributed by atoms with van der Waals surface area (Å²) in [5.41, 5.74) is 8.16. The molecule has 2 nitrogen and oxygen atoms in total. The quantitative estimate of drug-likeness (QED) is 0.239. The third kappa shape index (κ3) is 2.60. The van der Waals surface area contributed by atoms with Gasteiger partial charge in [-0.1, -0.05) is 54.1 Å². The number of rotatable bonds is 2. The number of fused-ring (bicyclic) bond motifs is 7. The summed E-state index contributed by atoms with van der Waals surface area (Å²) in [5, 5.41) is 4.34. The molecule has 0 spiro atoms. The molecule has 3 heteroatoms. The number of allylic oxidation sites excluding steroid dienone is 2. The first kappa shape index (κ1) is 18.5. The van der Waals surface area contributed by atoms with Crippen molar-refractivity contribution in [3.05, 3.63) is 119 Å². The molecular formula is C30H18ClN2+. The molecule has 6 aromatic rings. The van der Waals surface area contributed by atoms with Gasteiger partial charge in [0.05, 0.1) is 33.7 Å². The van der Waals surface area contributed by atoms with Crippen LogP contribution in [0.4, 0.5) is 0 Å². The van der Waals surface area contributed by atoms with Crippen LogP contribution in [-0.2, 0) is 0 Å². The van der Waals surface area contributed by atoms with E-state index in [2.05, 4.69) is 112 Å². The summed E-state index contributed by atoms with van der Waals surface area (Å²) in [6.45, 7) is 0. The highest BCUT2D eigenvalue weighted by Crippen LogP contribution is 2.42. The van der Waals surface area contributed by atoms with Crippen molar-refractivity contribution in [2.45, 2.75) is 0 Å². The van der Waals surface area contributed by atoms with Crippen molar-refractivity contribution in [2.75, 3.05) is 0 Å². The van der Waals surface area contributed by atoms with E-state index in [9.17, 15) is 0 Å². The molecule has 4 aromatic carbocycles. The molecule has 0 N–H and O–H groups in total. The van der Waals surface area contributed by atoms with Gasteiger partial charge >= 0.3 is 0 Å². The molecular weight excluding hydrogens is 424 g/mol. The third-order valence-electron chi connectivity index (χ3n) is 6.49. The smallest absolute Gasteiger partial charge is 0.166 e. The van der Waals surface area contributed by atoms with E-state index in [4.69, 9.17) is 11.6 Å². The van der Waals surface area contributed by atoms with Crippen LogP contribution in [0.15, 0.2) is 97.1 Å². The summed E-state index contributed by atoms with van der Waals surface area (Å²) < 4.78 is 4.70. The predicted molar refractivity (Wildman–Crippen MR) is 139 cm³/mol. The van der Waals surface area contributed by atoms with Crippen molar-refractivity contribution in [2.24, 2.45) is 0 Å². The highest BCUT2D eigenvalue weighted by Gasteiger charge is 2.27. The Hall–Kier alpha value is -4.10. The average Bonchev–Trinajstić information content (AvgIpc) is 3.37. The molecule has 0 radical (unpaired) electrons. The van der Waals surface area contributed by atoms with Crippen LogP contribution in [0.3, 0.4) is 0 Å². The molecule has 0 saturated carbocycles. The van der Waals surface area contributed by atoms with Crippen LogP contribution in [0.25, 0.3) is 56.2 Å². The monoisotopic (exact) mass is 441 g/mol. The Morgan fingerprint density at radius 3 is 2.12 bits per heavy atom. The topological polar surface area (TPSA) is 9.86 Å². The van der Waals surface area contributed by atoms with Crippen molar-refractivity contribution >= 4 is 56.5 Å². The van der Waals surface area contributed by atoms with Gasteiger partial charge in [-0.05, 0) is 48.5 Å². The van der Waals surface area contributed by atoms with E-state index in [-0.39, 0.29) is 0 Å². The SMILES string of the molecule is Clc1ccc2c(c1)c1ccc3c(c4c(n3-c3ccccc3)C=[C+]C=C4)c1n2-c1ccccc1. The van der Waals surface area contributed by atoms with Crippen molar-refractivity contribution in [1.29, 1.82) is 0 Å². The van der Waals surface area contributed by atoms with Gasteiger partial charge < -0.3 is 4.57 Å². The van der Waals surface area contributed by atoms with E-state index in [1.807, 2.05) is 12.1 Å². The van der Waals surface area contributed by atoms with Crippen LogP contribution in [0, 0.1) is 6.08 Å². The summed E-state index contributed by atoms with van der Waals surface area (Å²) >= 11 is 6.45. The molecule has 0 bridgehead atoms. The third-order valence-corrected chi connectivity index (χ3v) is 6.73. The molecule has 0 unspecified atom stereocenters. The largest absolute Gasteiger partial charge is 0.308 e. The first-order valence-corrected chi connectivity index (χ1v) is 11.4. The highest BCUT2D eigenvalue weighted by molar-refractivity contribution is 6.32. The van der Waals surface area contributed by atoms with E-state index < -0.39 is 0 Å². The number of benzene rings is 4. The van der Waals surface area contributed by atoms with Gasteiger partial charge in [0, 0.05) is 27.6 Å². The molecule has 0 fully saturated rings. The van der Waals surface area contributed by atoms with E-state index >= 15 is 0 Å². The van der Waals surface area contributed by atoms with Gasteiger partial charge in [-0.25, -0.2) is 0 Å². The summed E-state index contributed by atoms with van der Waals surface area (Å²) in [7, 11) is 0. The summed E-state index contributed by atoms with van der Waals surface area (Å²) in [6, 6.07) is 31.7. The lowest BCUT2D eigenvalue weighted by Gasteiger charge is -2.09. The van der Waals surface area contributed by atoms with Gasteiger partial charge in [-0.3, -0.25) is 4.57 Å². The molecule has 2 aromatic heterocycles. The van der Waals surface area contributed by atoms with E-state index in [1.165, 1.54) is 27.4 Å². The number of nitrogens with zero attached hydrogens (tertiary/aromatic N) is 2. The van der Waals surface area contributed by atoms with Crippen LogP contribution >= 0.6 is 11.6 Å². The van der Waals surface area contributed by atoms with Crippen LogP contribution in [0.2, 0.25) is 5.02 Å². The zero-order valence-corrected chi connectivity index (χ0v) is 18.4. The molecule has 0 atom stereocenters. The van der Waals surface area contributed by atoms with Crippen LogP contribution in [-0.4, -0.2) is 9.13 Å². The van der Waals surface area contributed by atoms with Gasteiger partial charge in [0.15, 0.2) is 5.69 Å². The van der Waals surface area contributed by atoms with Gasteiger partial charge in [-0.15, -0.1) is 0 Å². The Labute approximate surface area is 196 Å². The Bertz CT molecular complexity index is 1750. The minimum atomic E-state index is 0.746. The first-order valence-electron chi connectivity index (χ1n) is 11.0. The number of para-hydroxylation sites is 2. The standard InChI is InChI=1S/C30H18ClN2/c31-20-15-17-27-25(19-20)23-16-18-28-29(30(23)33(27)22-11-5-2-6-12-22)24-13-7-8-14-26(24)32(28)21-9-3-1-4-10-21/h1-7,9-19H/q+1. The van der Waals surface area contributed by atoms with Gasteiger partial charge in [0.2, 0.25) is 0 Å². The fraction of sp³-hybridized carbons (Fsp3) is 0. The van der Waals surface area contributed by atoms with Gasteiger partial charge in [0.25, 0.3) is 0 Å². The summed E-state index contributed by atoms with van der Waals surface area (Å²) in [6.07, 6.45) is 9.55. The molecule has 7 rings (SSSR count). The molecule has 0 saturated heterocycles. The Kier molecular flexibility index (Phi) is 3.89. The second kappa shape index (κ2) is 6.95. The van der Waals surface area contributed by atoms with E-state index in [0.717, 1.165) is 33.0 Å². The summed E-state index contributed by atoms with van der Waals surface area (Å²) in [5.74, 6) is 0. The van der Waals surface area contributed by atoms with E-state index in [1.54, 1.807) is 0 Å². The molecule has 1 aliphatic rings. The fourth-order valence-corrected chi connectivity index (χ4v) is 5.34. The van der Waals surface area contributed by atoms with Crippen LogP contribution in [0.5, 0.6) is 0 Å². The van der Waals surface area contributed by atoms with Gasteiger partial charge in [-0.2, -0.15) is 0 Å². The molecule has 1 aliphatic carbocycles. The van der Waals surface area contributed by atoms with Crippen LogP contribution < -0.4 is 0 Å². The van der Waals surface area contributed by atoms with Crippen molar-refractivity contribution in [3.63, 3.8) is 0 Å². The molecule has 2 heterocycles. The maximum atomic E-state index is 6.45. The Balaban J connectivity index is 1.75. The van der Waals surface area contributed by atoms with Gasteiger partial charge in [0.1, 0.15) is 17.7 Å². The summed E-state index contributed by atoms with van der Waals surface area (Å²) in [4.78, 5) is 0. The number of hydrogen-bond donors (Lipinski definition) is 0. The minimum Gasteiger partial charge on any atom is -0.308 e. The highest BCUT2D eigenvalue weighted by atomic mass is 35.5. The Morgan fingerprint density at radius 2 is 1.36 bits per heavy atom. The second-order valence-electron chi connectivity index (χ2n) is 8.30. The zero-order chi connectivity index (χ0) is 21.9. The number of hydrogen-bond acceptors (Lipinski definition) is 0. The lowest BCUT2D eigenvalue weighted by atomic mass is 10.0. The van der Waals surface area contributed by atoms with Crippen molar-refractivity contribution in [3.8, 4) is 11.4 Å². The maximum Gasteiger partial charge on any atom is 0.166 e. The molecule has 154 valence electrons. The van der Waals surface area contributed by atoms with E-state index in [0.29, 0.717) is 0 Å². The predicted octanol–water partition coefficient (Wildman–Crippen LogP) is 8.22. The zero-order valence-electron chi connectivity index (χ0n) is 17.7.